The summed E-state index contributed by atoms with van der Waals surface area (Å²) in [6.07, 6.45) is 1.65. The molecule has 3 amide bonds. The summed E-state index contributed by atoms with van der Waals surface area (Å²) >= 11 is 6.80. The summed E-state index contributed by atoms with van der Waals surface area (Å²) in [4.78, 5) is 39.1. The lowest BCUT2D eigenvalue weighted by atomic mass is 10.1. The van der Waals surface area contributed by atoms with Crippen LogP contribution in [-0.4, -0.2) is 28.6 Å². The second kappa shape index (κ2) is 10.8. The third kappa shape index (κ3) is 6.32. The Kier molecular flexibility index (Phi) is 7.58. The summed E-state index contributed by atoms with van der Waals surface area (Å²) in [5, 5.41) is 3.11. The molecule has 0 atom stereocenters. The van der Waals surface area contributed by atoms with Crippen molar-refractivity contribution in [2.24, 2.45) is 0 Å². The summed E-state index contributed by atoms with van der Waals surface area (Å²) in [5.74, 6) is -0.144. The van der Waals surface area contributed by atoms with Crippen LogP contribution in [0, 0.1) is 13.8 Å². The number of rotatable bonds is 7. The van der Waals surface area contributed by atoms with Crippen molar-refractivity contribution >= 4 is 52.2 Å². The summed E-state index contributed by atoms with van der Waals surface area (Å²) in [7, 11) is 0. The van der Waals surface area contributed by atoms with E-state index in [1.54, 1.807) is 54.6 Å². The maximum Gasteiger partial charge on any atom is 0.293 e. The van der Waals surface area contributed by atoms with E-state index < -0.39 is 0 Å². The number of nitrogens with zero attached hydrogens (tertiary/aromatic N) is 1. The van der Waals surface area contributed by atoms with Gasteiger partial charge in [-0.25, -0.2) is 0 Å². The van der Waals surface area contributed by atoms with E-state index in [2.05, 4.69) is 5.32 Å². The lowest BCUT2D eigenvalue weighted by Gasteiger charge is -2.12. The topological polar surface area (TPSA) is 75.7 Å². The largest absolute Gasteiger partial charge is 0.484 e. The highest BCUT2D eigenvalue weighted by atomic mass is 35.5. The fourth-order valence-electron chi connectivity index (χ4n) is 3.54. The van der Waals surface area contributed by atoms with Crippen molar-refractivity contribution in [2.45, 2.75) is 20.4 Å². The Morgan fingerprint density at radius 2 is 1.83 bits per heavy atom. The maximum absolute atomic E-state index is 12.8. The minimum atomic E-state index is -0.353. The molecule has 0 aliphatic carbocycles. The van der Waals surface area contributed by atoms with E-state index in [1.165, 1.54) is 4.90 Å². The molecule has 1 N–H and O–H groups in total. The molecule has 1 aliphatic heterocycles. The van der Waals surface area contributed by atoms with Gasteiger partial charge >= 0.3 is 0 Å². The minimum Gasteiger partial charge on any atom is -0.484 e. The van der Waals surface area contributed by atoms with Crippen LogP contribution in [-0.2, 0) is 16.1 Å². The highest BCUT2D eigenvalue weighted by molar-refractivity contribution is 8.18. The van der Waals surface area contributed by atoms with E-state index in [4.69, 9.17) is 16.3 Å². The molecule has 8 heteroatoms. The number of nitrogens with one attached hydrogen (secondary N) is 1. The highest BCUT2D eigenvalue weighted by Crippen LogP contribution is 2.33. The van der Waals surface area contributed by atoms with Gasteiger partial charge in [-0.2, -0.15) is 0 Å². The molecule has 0 spiro atoms. The van der Waals surface area contributed by atoms with E-state index in [1.807, 2.05) is 32.0 Å². The molecule has 6 nitrogen and oxygen atoms in total. The summed E-state index contributed by atoms with van der Waals surface area (Å²) < 4.78 is 5.65. The highest BCUT2D eigenvalue weighted by Gasteiger charge is 2.34. The van der Waals surface area contributed by atoms with Crippen molar-refractivity contribution in [3.05, 3.63) is 98.9 Å². The maximum atomic E-state index is 12.8. The van der Waals surface area contributed by atoms with Crippen molar-refractivity contribution in [2.75, 3.05) is 11.9 Å². The molecule has 35 heavy (non-hydrogen) atoms. The summed E-state index contributed by atoms with van der Waals surface area (Å²) in [6, 6.07) is 19.8. The van der Waals surface area contributed by atoms with E-state index in [0.29, 0.717) is 21.2 Å². The van der Waals surface area contributed by atoms with E-state index in [9.17, 15) is 14.4 Å². The molecule has 4 rings (SSSR count). The predicted molar refractivity (Wildman–Crippen MR) is 139 cm³/mol. The number of anilines is 1. The van der Waals surface area contributed by atoms with E-state index in [0.717, 1.165) is 34.1 Å². The van der Waals surface area contributed by atoms with Gasteiger partial charge in [-0.1, -0.05) is 53.6 Å². The molecule has 1 saturated heterocycles. The Hall–Kier alpha value is -3.55. The van der Waals surface area contributed by atoms with Crippen LogP contribution in [0.4, 0.5) is 10.5 Å². The van der Waals surface area contributed by atoms with Gasteiger partial charge in [-0.3, -0.25) is 19.3 Å². The zero-order chi connectivity index (χ0) is 24.9. The molecular formula is C27H23ClN2O4S. The molecule has 1 fully saturated rings. The van der Waals surface area contributed by atoms with Crippen LogP contribution in [0.25, 0.3) is 6.08 Å². The Balaban J connectivity index is 1.38. The molecule has 1 heterocycles. The summed E-state index contributed by atoms with van der Waals surface area (Å²) in [5.41, 5.74) is 4.34. The number of hydrogen-bond donors (Lipinski definition) is 1. The van der Waals surface area contributed by atoms with Crippen LogP contribution in [0.3, 0.4) is 0 Å². The lowest BCUT2D eigenvalue weighted by Crippen LogP contribution is -2.27. The lowest BCUT2D eigenvalue weighted by molar-refractivity contribution is -0.123. The van der Waals surface area contributed by atoms with Gasteiger partial charge in [0.05, 0.1) is 11.4 Å². The molecule has 0 bridgehead atoms. The molecule has 0 saturated carbocycles. The molecule has 0 unspecified atom stereocenters. The third-order valence-corrected chi connectivity index (χ3v) is 6.47. The normalized spacial score (nSPS) is 14.5. The molecule has 0 aromatic heterocycles. The van der Waals surface area contributed by atoms with Gasteiger partial charge in [0.1, 0.15) is 5.75 Å². The standard InChI is InChI=1S/C27H23ClN2O4S/c1-17-6-11-23(18(2)12-17)29-25(31)16-34-22-5-3-4-20(13-22)14-24-26(32)30(27(33)35-24)15-19-7-9-21(28)10-8-19/h3-14H,15-16H2,1-2H3,(H,29,31)/b24-14-. The molecule has 0 radical (unpaired) electrons. The van der Waals surface area contributed by atoms with Crippen molar-refractivity contribution in [3.8, 4) is 5.75 Å². The number of carbonyl (C=O) groups is 3. The van der Waals surface area contributed by atoms with Crippen molar-refractivity contribution in [1.29, 1.82) is 0 Å². The fourth-order valence-corrected chi connectivity index (χ4v) is 4.51. The predicted octanol–water partition coefficient (Wildman–Crippen LogP) is 6.21. The number of benzene rings is 3. The first-order valence-corrected chi connectivity index (χ1v) is 12.1. The van der Waals surface area contributed by atoms with Crippen LogP contribution in [0.1, 0.15) is 22.3 Å². The first kappa shape index (κ1) is 24.6. The number of carbonyl (C=O) groups excluding carboxylic acids is 3. The van der Waals surface area contributed by atoms with Crippen LogP contribution in [0.5, 0.6) is 5.75 Å². The Morgan fingerprint density at radius 3 is 2.57 bits per heavy atom. The SMILES string of the molecule is Cc1ccc(NC(=O)COc2cccc(/C=C3\SC(=O)N(Cc4ccc(Cl)cc4)C3=O)c2)c(C)c1. The monoisotopic (exact) mass is 506 g/mol. The molecule has 3 aromatic rings. The number of amides is 3. The second-order valence-electron chi connectivity index (χ2n) is 8.12. The average molecular weight is 507 g/mol. The van der Waals surface area contributed by atoms with Gasteiger partial charge in [-0.05, 0) is 78.7 Å². The average Bonchev–Trinajstić information content (AvgIpc) is 3.08. The first-order valence-electron chi connectivity index (χ1n) is 10.9. The van der Waals surface area contributed by atoms with Gasteiger partial charge in [0.25, 0.3) is 17.1 Å². The number of thioether (sulfide) groups is 1. The Bertz CT molecular complexity index is 1320. The Morgan fingerprint density at radius 1 is 1.06 bits per heavy atom. The molecule has 3 aromatic carbocycles. The van der Waals surface area contributed by atoms with Gasteiger partial charge in [0.2, 0.25) is 0 Å². The molecule has 1 aliphatic rings. The third-order valence-electron chi connectivity index (χ3n) is 5.31. The summed E-state index contributed by atoms with van der Waals surface area (Å²) in [6.45, 7) is 3.95. The van der Waals surface area contributed by atoms with Crippen LogP contribution >= 0.6 is 23.4 Å². The number of halogens is 1. The number of hydrogen-bond acceptors (Lipinski definition) is 5. The first-order chi connectivity index (χ1) is 16.8. The van der Waals surface area contributed by atoms with E-state index in [-0.39, 0.29) is 30.2 Å². The minimum absolute atomic E-state index is 0.158. The fraction of sp³-hybridized carbons (Fsp3) is 0.148. The number of ether oxygens (including phenoxy) is 1. The van der Waals surface area contributed by atoms with Crippen LogP contribution < -0.4 is 10.1 Å². The van der Waals surface area contributed by atoms with Gasteiger partial charge in [0.15, 0.2) is 6.61 Å². The van der Waals surface area contributed by atoms with Gasteiger partial charge < -0.3 is 10.1 Å². The quantitative estimate of drug-likeness (QED) is 0.385. The zero-order valence-electron chi connectivity index (χ0n) is 19.2. The Labute approximate surface area is 212 Å². The molecular weight excluding hydrogens is 484 g/mol. The second-order valence-corrected chi connectivity index (χ2v) is 9.55. The van der Waals surface area contributed by atoms with Crippen LogP contribution in [0.15, 0.2) is 71.6 Å². The molecule has 178 valence electrons. The van der Waals surface area contributed by atoms with Crippen molar-refractivity contribution in [3.63, 3.8) is 0 Å². The smallest absolute Gasteiger partial charge is 0.293 e. The van der Waals surface area contributed by atoms with Crippen molar-refractivity contribution in [1.82, 2.24) is 4.90 Å². The van der Waals surface area contributed by atoms with E-state index >= 15 is 0 Å². The van der Waals surface area contributed by atoms with Crippen molar-refractivity contribution < 1.29 is 19.1 Å². The van der Waals surface area contributed by atoms with Crippen LogP contribution in [0.2, 0.25) is 5.02 Å². The number of imide groups is 1. The number of aryl methyl sites for hydroxylation is 2. The van der Waals surface area contributed by atoms with Gasteiger partial charge in [-0.15, -0.1) is 0 Å². The zero-order valence-corrected chi connectivity index (χ0v) is 20.8. The van der Waals surface area contributed by atoms with Gasteiger partial charge in [0, 0.05) is 10.7 Å².